The Balaban J connectivity index is 1.30. The van der Waals surface area contributed by atoms with E-state index in [9.17, 15) is 9.59 Å². The number of hydrogen-bond acceptors (Lipinski definition) is 7. The fourth-order valence-corrected chi connectivity index (χ4v) is 8.77. The van der Waals surface area contributed by atoms with E-state index >= 15 is 0 Å². The molecule has 2 fully saturated rings. The number of carbonyl (C=O) groups is 2. The van der Waals surface area contributed by atoms with Crippen LogP contribution < -0.4 is 10.6 Å². The van der Waals surface area contributed by atoms with Crippen molar-refractivity contribution < 1.29 is 9.59 Å². The van der Waals surface area contributed by atoms with E-state index in [1.165, 1.54) is 73.4 Å². The van der Waals surface area contributed by atoms with Gasteiger partial charge in [0, 0.05) is 12.1 Å². The number of benzene rings is 2. The van der Waals surface area contributed by atoms with Gasteiger partial charge in [-0.15, -0.1) is 10.2 Å². The van der Waals surface area contributed by atoms with Crippen molar-refractivity contribution >= 4 is 46.7 Å². The van der Waals surface area contributed by atoms with Crippen LogP contribution in [0.2, 0.25) is 0 Å². The van der Waals surface area contributed by atoms with Gasteiger partial charge in [0.15, 0.2) is 8.68 Å². The van der Waals surface area contributed by atoms with E-state index in [1.807, 2.05) is 60.7 Å². The minimum absolute atomic E-state index is 0.0246. The average Bonchev–Trinajstić information content (AvgIpc) is 3.43. The Hall–Kier alpha value is -2.36. The minimum Gasteiger partial charge on any atom is -0.352 e. The molecule has 39 heavy (non-hydrogen) atoms. The second-order valence-electron chi connectivity index (χ2n) is 10.3. The predicted octanol–water partition coefficient (Wildman–Crippen LogP) is 7.10. The maximum atomic E-state index is 13.4. The summed E-state index contributed by atoms with van der Waals surface area (Å²) >= 11 is 4.33. The molecule has 0 saturated heterocycles. The van der Waals surface area contributed by atoms with Gasteiger partial charge < -0.3 is 10.6 Å². The molecule has 0 aliphatic heterocycles. The molecule has 1 heterocycles. The Morgan fingerprint density at radius 1 is 0.641 bits per heavy atom. The van der Waals surface area contributed by atoms with Gasteiger partial charge in [-0.3, -0.25) is 9.59 Å². The van der Waals surface area contributed by atoms with Crippen LogP contribution in [0.3, 0.4) is 0 Å². The van der Waals surface area contributed by atoms with Gasteiger partial charge in [0.05, 0.1) is 0 Å². The lowest BCUT2D eigenvalue weighted by molar-refractivity contribution is -0.122. The Morgan fingerprint density at radius 3 is 1.41 bits per heavy atom. The Kier molecular flexibility index (Phi) is 10.3. The number of thioether (sulfide) groups is 2. The summed E-state index contributed by atoms with van der Waals surface area (Å²) < 4.78 is 1.45. The summed E-state index contributed by atoms with van der Waals surface area (Å²) in [6, 6.07) is 20.3. The zero-order valence-corrected chi connectivity index (χ0v) is 24.5. The third-order valence-electron chi connectivity index (χ3n) is 7.41. The summed E-state index contributed by atoms with van der Waals surface area (Å²) in [5, 5.41) is 14.6. The van der Waals surface area contributed by atoms with Gasteiger partial charge in [-0.05, 0) is 36.8 Å². The van der Waals surface area contributed by atoms with Crippen molar-refractivity contribution in [2.45, 2.75) is 95.5 Å². The van der Waals surface area contributed by atoms with Crippen molar-refractivity contribution in [1.29, 1.82) is 0 Å². The summed E-state index contributed by atoms with van der Waals surface area (Å²) in [5.74, 6) is 0.0491. The van der Waals surface area contributed by atoms with Gasteiger partial charge >= 0.3 is 0 Å². The zero-order chi connectivity index (χ0) is 26.9. The highest BCUT2D eigenvalue weighted by Gasteiger charge is 2.29. The molecule has 2 aromatic carbocycles. The number of nitrogens with one attached hydrogen (secondary N) is 2. The molecule has 0 bridgehead atoms. The number of amides is 2. The van der Waals surface area contributed by atoms with Gasteiger partial charge in [-0.1, -0.05) is 134 Å². The maximum Gasteiger partial charge on any atom is 0.238 e. The molecule has 0 radical (unpaired) electrons. The van der Waals surface area contributed by atoms with E-state index in [0.29, 0.717) is 0 Å². The minimum atomic E-state index is -0.404. The topological polar surface area (TPSA) is 84.0 Å². The molecule has 2 N–H and O–H groups in total. The van der Waals surface area contributed by atoms with Crippen molar-refractivity contribution in [1.82, 2.24) is 20.8 Å². The SMILES string of the molecule is O=C(NC1CCCCC1)C(Sc1nnc(SC(C(=O)NC2CCCCC2)c2ccccc2)s1)c1ccccc1. The van der Waals surface area contributed by atoms with Crippen LogP contribution in [0.5, 0.6) is 0 Å². The van der Waals surface area contributed by atoms with E-state index in [-0.39, 0.29) is 23.9 Å². The van der Waals surface area contributed by atoms with Crippen LogP contribution in [0.15, 0.2) is 69.3 Å². The van der Waals surface area contributed by atoms with Crippen molar-refractivity contribution in [3.05, 3.63) is 71.8 Å². The second kappa shape index (κ2) is 14.3. The van der Waals surface area contributed by atoms with E-state index in [0.717, 1.165) is 45.5 Å². The lowest BCUT2D eigenvalue weighted by Gasteiger charge is -2.25. The van der Waals surface area contributed by atoms with E-state index in [1.54, 1.807) is 0 Å². The Bertz CT molecular complexity index is 1100. The zero-order valence-electron chi connectivity index (χ0n) is 22.1. The first-order valence-electron chi connectivity index (χ1n) is 14.0. The molecule has 3 aromatic rings. The molecule has 2 unspecified atom stereocenters. The lowest BCUT2D eigenvalue weighted by Crippen LogP contribution is -2.38. The van der Waals surface area contributed by atoms with Crippen LogP contribution >= 0.6 is 34.9 Å². The molecule has 9 heteroatoms. The number of carbonyl (C=O) groups excluding carboxylic acids is 2. The van der Waals surface area contributed by atoms with Crippen molar-refractivity contribution in [2.24, 2.45) is 0 Å². The lowest BCUT2D eigenvalue weighted by atomic mass is 9.95. The molecule has 6 nitrogen and oxygen atoms in total. The number of aromatic nitrogens is 2. The Labute approximate surface area is 243 Å². The molecule has 0 spiro atoms. The third-order valence-corrected chi connectivity index (χ3v) is 11.0. The van der Waals surface area contributed by atoms with E-state index in [4.69, 9.17) is 0 Å². The molecule has 2 amide bonds. The van der Waals surface area contributed by atoms with Gasteiger partial charge in [0.1, 0.15) is 10.5 Å². The summed E-state index contributed by atoms with van der Waals surface area (Å²) in [6.07, 6.45) is 11.3. The van der Waals surface area contributed by atoms with Gasteiger partial charge in [-0.25, -0.2) is 0 Å². The number of nitrogens with zero attached hydrogens (tertiary/aromatic N) is 2. The van der Waals surface area contributed by atoms with E-state index < -0.39 is 10.5 Å². The molecule has 206 valence electrons. The third kappa shape index (κ3) is 8.08. The summed E-state index contributed by atoms with van der Waals surface area (Å²) in [6.45, 7) is 0. The van der Waals surface area contributed by atoms with Crippen LogP contribution in [-0.4, -0.2) is 34.1 Å². The molecule has 5 rings (SSSR count). The van der Waals surface area contributed by atoms with Crippen molar-refractivity contribution in [3.63, 3.8) is 0 Å². The fourth-order valence-electron chi connectivity index (χ4n) is 5.34. The number of rotatable bonds is 10. The molecular formula is C30H36N4O2S3. The highest BCUT2D eigenvalue weighted by atomic mass is 32.2. The molecular weight excluding hydrogens is 545 g/mol. The van der Waals surface area contributed by atoms with Crippen LogP contribution in [-0.2, 0) is 9.59 Å². The Morgan fingerprint density at radius 2 is 1.03 bits per heavy atom. The van der Waals surface area contributed by atoms with Crippen molar-refractivity contribution in [2.75, 3.05) is 0 Å². The maximum absolute atomic E-state index is 13.4. The van der Waals surface area contributed by atoms with Crippen LogP contribution in [0, 0.1) is 0 Å². The predicted molar refractivity (Wildman–Crippen MR) is 160 cm³/mol. The van der Waals surface area contributed by atoms with Crippen LogP contribution in [0.25, 0.3) is 0 Å². The highest BCUT2D eigenvalue weighted by molar-refractivity contribution is 8.04. The molecule has 2 aliphatic rings. The summed E-state index contributed by atoms with van der Waals surface area (Å²) in [4.78, 5) is 26.9. The van der Waals surface area contributed by atoms with Crippen LogP contribution in [0.4, 0.5) is 0 Å². The first-order valence-corrected chi connectivity index (χ1v) is 16.6. The first-order chi connectivity index (χ1) is 19.2. The standard InChI is InChI=1S/C30H36N4O2S3/c35-27(31-23-17-9-3-10-18-23)25(21-13-5-1-6-14-21)37-29-33-34-30(39-29)38-26(22-15-7-2-8-16-22)28(36)32-24-19-11-4-12-20-24/h1-2,5-8,13-16,23-26H,3-4,9-12,17-20H2,(H,31,35)(H,32,36). The van der Waals surface area contributed by atoms with E-state index in [2.05, 4.69) is 20.8 Å². The monoisotopic (exact) mass is 580 g/mol. The first kappa shape index (κ1) is 28.2. The van der Waals surface area contributed by atoms with Gasteiger partial charge in [0.2, 0.25) is 11.8 Å². The van der Waals surface area contributed by atoms with Gasteiger partial charge in [0.25, 0.3) is 0 Å². The highest BCUT2D eigenvalue weighted by Crippen LogP contribution is 2.42. The molecule has 2 saturated carbocycles. The smallest absolute Gasteiger partial charge is 0.238 e. The average molecular weight is 581 g/mol. The van der Waals surface area contributed by atoms with Crippen molar-refractivity contribution in [3.8, 4) is 0 Å². The summed E-state index contributed by atoms with van der Waals surface area (Å²) in [7, 11) is 0. The molecule has 2 aliphatic carbocycles. The normalized spacial score (nSPS) is 18.3. The van der Waals surface area contributed by atoms with Crippen LogP contribution in [0.1, 0.15) is 85.8 Å². The molecule has 1 aromatic heterocycles. The molecule has 2 atom stereocenters. The summed E-state index contributed by atoms with van der Waals surface area (Å²) in [5.41, 5.74) is 1.91. The second-order valence-corrected chi connectivity index (χ2v) is 14.0. The van der Waals surface area contributed by atoms with Gasteiger partial charge in [-0.2, -0.15) is 0 Å². The largest absolute Gasteiger partial charge is 0.352 e. The quantitative estimate of drug-likeness (QED) is 0.249. The fraction of sp³-hybridized carbons (Fsp3) is 0.467. The number of hydrogen-bond donors (Lipinski definition) is 2.